The third-order valence-corrected chi connectivity index (χ3v) is 5.05. The van der Waals surface area contributed by atoms with E-state index in [1.165, 1.54) is 25.3 Å². The normalized spacial score (nSPS) is 16.6. The van der Waals surface area contributed by atoms with E-state index in [1.54, 1.807) is 23.1 Å². The van der Waals surface area contributed by atoms with Gasteiger partial charge in [-0.1, -0.05) is 28.4 Å². The number of aromatic nitrogens is 2. The summed E-state index contributed by atoms with van der Waals surface area (Å²) in [7, 11) is 1.53. The summed E-state index contributed by atoms with van der Waals surface area (Å²) in [6, 6.07) is 9.26. The van der Waals surface area contributed by atoms with Gasteiger partial charge in [0.15, 0.2) is 0 Å². The Morgan fingerprint density at radius 3 is 2.82 bits per heavy atom. The van der Waals surface area contributed by atoms with Crippen LogP contribution in [0, 0.1) is 5.82 Å². The number of anilines is 1. The molecule has 0 radical (unpaired) electrons. The van der Waals surface area contributed by atoms with Gasteiger partial charge in [-0.15, -0.1) is 0 Å². The van der Waals surface area contributed by atoms with E-state index in [0.29, 0.717) is 34.5 Å². The standard InChI is InChI=1S/C19H14Cl2FN3O3/c1-27-16-5-3-12(20)8-15(16)25-9-11(7-17(25)26)19-23-18(24-28-19)10-2-4-14(22)13(21)6-10/h2-6,8,11H,7,9H2,1H3. The lowest BCUT2D eigenvalue weighted by Crippen LogP contribution is -2.24. The number of methoxy groups -OCH3 is 1. The Morgan fingerprint density at radius 1 is 1.25 bits per heavy atom. The van der Waals surface area contributed by atoms with Gasteiger partial charge in [0.2, 0.25) is 17.6 Å². The molecule has 0 saturated carbocycles. The number of carbonyl (C=O) groups excluding carboxylic acids is 1. The van der Waals surface area contributed by atoms with Gasteiger partial charge < -0.3 is 14.2 Å². The van der Waals surface area contributed by atoms with Crippen molar-refractivity contribution in [3.05, 3.63) is 58.2 Å². The number of hydrogen-bond acceptors (Lipinski definition) is 5. The monoisotopic (exact) mass is 421 g/mol. The number of nitrogens with zero attached hydrogens (tertiary/aromatic N) is 3. The third kappa shape index (κ3) is 3.43. The van der Waals surface area contributed by atoms with Crippen molar-refractivity contribution in [2.75, 3.05) is 18.6 Å². The maximum absolute atomic E-state index is 13.3. The molecule has 1 aliphatic rings. The molecule has 1 fully saturated rings. The highest BCUT2D eigenvalue weighted by Gasteiger charge is 2.36. The number of carbonyl (C=O) groups is 1. The molecule has 0 spiro atoms. The van der Waals surface area contributed by atoms with Crippen LogP contribution in [0.1, 0.15) is 18.2 Å². The molecule has 4 rings (SSSR count). The average molecular weight is 422 g/mol. The van der Waals surface area contributed by atoms with Crippen LogP contribution >= 0.6 is 23.2 Å². The Bertz CT molecular complexity index is 1060. The lowest BCUT2D eigenvalue weighted by molar-refractivity contribution is -0.117. The molecule has 1 saturated heterocycles. The summed E-state index contributed by atoms with van der Waals surface area (Å²) in [5.74, 6) is 0.242. The lowest BCUT2D eigenvalue weighted by Gasteiger charge is -2.19. The number of ether oxygens (including phenoxy) is 1. The van der Waals surface area contributed by atoms with Crippen molar-refractivity contribution in [2.45, 2.75) is 12.3 Å². The SMILES string of the molecule is COc1ccc(Cl)cc1N1CC(c2nc(-c3ccc(F)c(Cl)c3)no2)CC1=O. The van der Waals surface area contributed by atoms with Crippen LogP contribution in [-0.2, 0) is 4.79 Å². The number of benzene rings is 2. The topological polar surface area (TPSA) is 68.5 Å². The second kappa shape index (κ2) is 7.41. The van der Waals surface area contributed by atoms with E-state index in [9.17, 15) is 9.18 Å². The van der Waals surface area contributed by atoms with Crippen LogP contribution < -0.4 is 9.64 Å². The van der Waals surface area contributed by atoms with E-state index < -0.39 is 5.82 Å². The fourth-order valence-corrected chi connectivity index (χ4v) is 3.48. The third-order valence-electron chi connectivity index (χ3n) is 4.53. The smallest absolute Gasteiger partial charge is 0.232 e. The minimum Gasteiger partial charge on any atom is -0.495 e. The van der Waals surface area contributed by atoms with Gasteiger partial charge >= 0.3 is 0 Å². The van der Waals surface area contributed by atoms with Gasteiger partial charge in [0, 0.05) is 23.6 Å². The van der Waals surface area contributed by atoms with Gasteiger partial charge in [-0.25, -0.2) is 4.39 Å². The summed E-state index contributed by atoms with van der Waals surface area (Å²) in [5.41, 5.74) is 1.12. The summed E-state index contributed by atoms with van der Waals surface area (Å²) < 4.78 is 24.0. The molecule has 6 nitrogen and oxygen atoms in total. The van der Waals surface area contributed by atoms with Crippen LogP contribution in [0.2, 0.25) is 10.0 Å². The molecule has 1 amide bonds. The van der Waals surface area contributed by atoms with Crippen LogP contribution in [0.25, 0.3) is 11.4 Å². The number of halogens is 3. The molecule has 2 aromatic carbocycles. The molecule has 0 N–H and O–H groups in total. The molecule has 0 bridgehead atoms. The van der Waals surface area contributed by atoms with Gasteiger partial charge in [-0.2, -0.15) is 4.98 Å². The van der Waals surface area contributed by atoms with E-state index in [-0.39, 0.29) is 29.1 Å². The van der Waals surface area contributed by atoms with Crippen molar-refractivity contribution in [3.8, 4) is 17.1 Å². The van der Waals surface area contributed by atoms with E-state index in [4.69, 9.17) is 32.5 Å². The molecule has 1 unspecified atom stereocenters. The van der Waals surface area contributed by atoms with Crippen LogP contribution in [0.3, 0.4) is 0 Å². The summed E-state index contributed by atoms with van der Waals surface area (Å²) >= 11 is 11.9. The molecule has 9 heteroatoms. The maximum atomic E-state index is 13.3. The van der Waals surface area contributed by atoms with Crippen molar-refractivity contribution in [1.82, 2.24) is 10.1 Å². The number of hydrogen-bond donors (Lipinski definition) is 0. The lowest BCUT2D eigenvalue weighted by atomic mass is 10.1. The predicted molar refractivity (Wildman–Crippen MR) is 102 cm³/mol. The Labute approximate surface area is 169 Å². The van der Waals surface area contributed by atoms with E-state index in [0.717, 1.165) is 0 Å². The Balaban J connectivity index is 1.59. The first-order valence-corrected chi connectivity index (χ1v) is 9.15. The van der Waals surface area contributed by atoms with Crippen LogP contribution in [-0.4, -0.2) is 29.7 Å². The zero-order chi connectivity index (χ0) is 19.8. The molecule has 144 valence electrons. The van der Waals surface area contributed by atoms with E-state index in [1.807, 2.05) is 0 Å². The van der Waals surface area contributed by atoms with Crippen molar-refractivity contribution in [1.29, 1.82) is 0 Å². The Morgan fingerprint density at radius 2 is 2.07 bits per heavy atom. The van der Waals surface area contributed by atoms with Gasteiger partial charge in [-0.05, 0) is 36.4 Å². The molecule has 1 aliphatic heterocycles. The molecule has 1 atom stereocenters. The molecule has 3 aromatic rings. The van der Waals surface area contributed by atoms with Crippen LogP contribution in [0.15, 0.2) is 40.9 Å². The van der Waals surface area contributed by atoms with Crippen LogP contribution in [0.4, 0.5) is 10.1 Å². The fourth-order valence-electron chi connectivity index (χ4n) is 3.13. The molecular weight excluding hydrogens is 408 g/mol. The van der Waals surface area contributed by atoms with E-state index in [2.05, 4.69) is 10.1 Å². The molecule has 28 heavy (non-hydrogen) atoms. The molecule has 1 aromatic heterocycles. The van der Waals surface area contributed by atoms with Gasteiger partial charge in [0.05, 0.1) is 23.7 Å². The largest absolute Gasteiger partial charge is 0.495 e. The predicted octanol–water partition coefficient (Wildman–Crippen LogP) is 4.71. The molecule has 0 aliphatic carbocycles. The second-order valence-corrected chi connectivity index (χ2v) is 7.15. The average Bonchev–Trinajstić information content (AvgIpc) is 3.31. The Hall–Kier alpha value is -2.64. The number of rotatable bonds is 4. The van der Waals surface area contributed by atoms with E-state index >= 15 is 0 Å². The van der Waals surface area contributed by atoms with Crippen molar-refractivity contribution >= 4 is 34.8 Å². The first-order valence-electron chi connectivity index (χ1n) is 8.39. The van der Waals surface area contributed by atoms with Crippen molar-refractivity contribution in [3.63, 3.8) is 0 Å². The highest BCUT2D eigenvalue weighted by atomic mass is 35.5. The fraction of sp³-hybridized carbons (Fsp3) is 0.211. The minimum atomic E-state index is -0.526. The van der Waals surface area contributed by atoms with Gasteiger partial charge in [-0.3, -0.25) is 4.79 Å². The number of amides is 1. The summed E-state index contributed by atoms with van der Waals surface area (Å²) in [6.07, 6.45) is 0.210. The zero-order valence-electron chi connectivity index (χ0n) is 14.7. The molecular formula is C19H14Cl2FN3O3. The summed E-state index contributed by atoms with van der Waals surface area (Å²) in [5, 5.41) is 4.40. The second-order valence-electron chi connectivity index (χ2n) is 6.31. The van der Waals surface area contributed by atoms with Crippen LogP contribution in [0.5, 0.6) is 5.75 Å². The first kappa shape index (κ1) is 18.7. The van der Waals surface area contributed by atoms with Crippen molar-refractivity contribution in [2.24, 2.45) is 0 Å². The quantitative estimate of drug-likeness (QED) is 0.609. The first-order chi connectivity index (χ1) is 13.5. The molecule has 2 heterocycles. The zero-order valence-corrected chi connectivity index (χ0v) is 16.2. The Kier molecular flexibility index (Phi) is 4.95. The summed E-state index contributed by atoms with van der Waals surface area (Å²) in [4.78, 5) is 18.5. The highest BCUT2D eigenvalue weighted by molar-refractivity contribution is 6.31. The highest BCUT2D eigenvalue weighted by Crippen LogP contribution is 2.38. The van der Waals surface area contributed by atoms with Gasteiger partial charge in [0.25, 0.3) is 0 Å². The van der Waals surface area contributed by atoms with Crippen molar-refractivity contribution < 1.29 is 18.4 Å². The summed E-state index contributed by atoms with van der Waals surface area (Å²) in [6.45, 7) is 0.349. The minimum absolute atomic E-state index is 0.0286. The van der Waals surface area contributed by atoms with Gasteiger partial charge in [0.1, 0.15) is 11.6 Å². The maximum Gasteiger partial charge on any atom is 0.232 e.